The molecule has 1 aromatic carbocycles. The summed E-state index contributed by atoms with van der Waals surface area (Å²) in [4.78, 5) is 23.1. The van der Waals surface area contributed by atoms with E-state index in [2.05, 4.69) is 5.32 Å². The molecule has 0 aromatic heterocycles. The molecule has 1 aromatic rings. The molecule has 0 bridgehead atoms. The van der Waals surface area contributed by atoms with E-state index < -0.39 is 34.5 Å². The van der Waals surface area contributed by atoms with E-state index in [1.807, 2.05) is 13.8 Å². The molecule has 0 aliphatic carbocycles. The zero-order chi connectivity index (χ0) is 18.5. The third-order valence-corrected chi connectivity index (χ3v) is 5.30. The molecule has 0 unspecified atom stereocenters. The highest BCUT2D eigenvalue weighted by Crippen LogP contribution is 2.17. The molecule has 0 aliphatic heterocycles. The van der Waals surface area contributed by atoms with Crippen molar-refractivity contribution in [2.45, 2.75) is 31.2 Å². The van der Waals surface area contributed by atoms with Crippen molar-refractivity contribution in [2.24, 2.45) is 5.92 Å². The van der Waals surface area contributed by atoms with Gasteiger partial charge in [0.25, 0.3) is 0 Å². The van der Waals surface area contributed by atoms with Crippen molar-refractivity contribution >= 4 is 33.5 Å². The van der Waals surface area contributed by atoms with Crippen molar-refractivity contribution in [3.8, 4) is 0 Å². The number of nitrogens with one attached hydrogen (secondary N) is 1. The Hall–Kier alpha value is -1.64. The quantitative estimate of drug-likeness (QED) is 0.716. The zero-order valence-corrected chi connectivity index (χ0v) is 15.3. The molecule has 0 aliphatic rings. The fourth-order valence-electron chi connectivity index (χ4n) is 2.01. The van der Waals surface area contributed by atoms with Gasteiger partial charge in [-0.05, 0) is 36.6 Å². The van der Waals surface area contributed by atoms with E-state index in [0.717, 1.165) is 4.31 Å². The third kappa shape index (κ3) is 5.77. The summed E-state index contributed by atoms with van der Waals surface area (Å²) in [6, 6.07) is 4.50. The molecule has 9 heteroatoms. The minimum Gasteiger partial charge on any atom is -0.480 e. The van der Waals surface area contributed by atoms with Crippen molar-refractivity contribution in [2.75, 3.05) is 13.6 Å². The number of sulfonamides is 1. The van der Waals surface area contributed by atoms with E-state index in [0.29, 0.717) is 5.02 Å². The number of aliphatic carboxylic acids is 1. The highest BCUT2D eigenvalue weighted by atomic mass is 35.5. The van der Waals surface area contributed by atoms with Crippen LogP contribution in [-0.2, 0) is 19.6 Å². The smallest absolute Gasteiger partial charge is 0.326 e. The number of hydrogen-bond acceptors (Lipinski definition) is 4. The maximum absolute atomic E-state index is 12.4. The molecule has 7 nitrogen and oxygen atoms in total. The standard InChI is InChI=1S/C15H21ClN2O5S/c1-10(2)8-13(15(20)21)17-14(19)9-18(3)24(22,23)12-6-4-11(16)5-7-12/h4-7,10,13H,8-9H2,1-3H3,(H,17,19)(H,20,21)/t13-/m1/s1. The number of halogens is 1. The zero-order valence-electron chi connectivity index (χ0n) is 13.7. The number of likely N-dealkylation sites (N-methyl/N-ethyl adjacent to an activating group) is 1. The monoisotopic (exact) mass is 376 g/mol. The maximum Gasteiger partial charge on any atom is 0.326 e. The van der Waals surface area contributed by atoms with E-state index in [1.165, 1.54) is 31.3 Å². The number of carboxylic acids is 1. The first-order valence-electron chi connectivity index (χ1n) is 7.28. The maximum atomic E-state index is 12.4. The van der Waals surface area contributed by atoms with Crippen LogP contribution in [0.2, 0.25) is 5.02 Å². The molecule has 0 spiro atoms. The van der Waals surface area contributed by atoms with Crippen LogP contribution < -0.4 is 5.32 Å². The predicted molar refractivity (Wildman–Crippen MR) is 90.3 cm³/mol. The highest BCUT2D eigenvalue weighted by Gasteiger charge is 2.26. The van der Waals surface area contributed by atoms with E-state index in [-0.39, 0.29) is 17.2 Å². The first kappa shape index (κ1) is 20.4. The molecule has 0 radical (unpaired) electrons. The minimum absolute atomic E-state index is 0.000773. The second kappa shape index (κ2) is 8.46. The minimum atomic E-state index is -3.86. The van der Waals surface area contributed by atoms with E-state index in [4.69, 9.17) is 16.7 Å². The van der Waals surface area contributed by atoms with Gasteiger partial charge in [-0.25, -0.2) is 13.2 Å². The van der Waals surface area contributed by atoms with E-state index in [1.54, 1.807) is 0 Å². The average molecular weight is 377 g/mol. The number of amides is 1. The van der Waals surface area contributed by atoms with Crippen molar-refractivity contribution in [3.63, 3.8) is 0 Å². The van der Waals surface area contributed by atoms with Gasteiger partial charge in [0, 0.05) is 12.1 Å². The Bertz CT molecular complexity index is 688. The van der Waals surface area contributed by atoms with Crippen LogP contribution in [0.15, 0.2) is 29.2 Å². The SMILES string of the molecule is CC(C)C[C@@H](NC(=O)CN(C)S(=O)(=O)c1ccc(Cl)cc1)C(=O)O. The van der Waals surface area contributed by atoms with Gasteiger partial charge < -0.3 is 10.4 Å². The van der Waals surface area contributed by atoms with Gasteiger partial charge in [0.2, 0.25) is 15.9 Å². The Morgan fingerprint density at radius 2 is 1.79 bits per heavy atom. The Morgan fingerprint density at radius 3 is 2.25 bits per heavy atom. The number of rotatable bonds is 8. The average Bonchev–Trinajstić information content (AvgIpc) is 2.46. The van der Waals surface area contributed by atoms with Gasteiger partial charge in [-0.1, -0.05) is 25.4 Å². The normalized spacial score (nSPS) is 13.1. The van der Waals surface area contributed by atoms with Gasteiger partial charge >= 0.3 is 5.97 Å². The van der Waals surface area contributed by atoms with Crippen molar-refractivity contribution in [3.05, 3.63) is 29.3 Å². The summed E-state index contributed by atoms with van der Waals surface area (Å²) >= 11 is 5.73. The van der Waals surface area contributed by atoms with Crippen LogP contribution in [-0.4, -0.2) is 49.3 Å². The van der Waals surface area contributed by atoms with Crippen molar-refractivity contribution in [1.29, 1.82) is 0 Å². The van der Waals surface area contributed by atoms with Gasteiger partial charge in [0.15, 0.2) is 0 Å². The molecule has 1 rings (SSSR count). The summed E-state index contributed by atoms with van der Waals surface area (Å²) in [5, 5.41) is 11.9. The lowest BCUT2D eigenvalue weighted by molar-refractivity contribution is -0.142. The van der Waals surface area contributed by atoms with Crippen LogP contribution in [0.1, 0.15) is 20.3 Å². The third-order valence-electron chi connectivity index (χ3n) is 3.23. The van der Waals surface area contributed by atoms with Crippen molar-refractivity contribution < 1.29 is 23.1 Å². The lowest BCUT2D eigenvalue weighted by Gasteiger charge is -2.20. The fourth-order valence-corrected chi connectivity index (χ4v) is 3.26. The van der Waals surface area contributed by atoms with Gasteiger partial charge in [0.1, 0.15) is 6.04 Å². The molecule has 0 heterocycles. The van der Waals surface area contributed by atoms with Crippen LogP contribution in [0, 0.1) is 5.92 Å². The van der Waals surface area contributed by atoms with Crippen LogP contribution in [0.25, 0.3) is 0 Å². The van der Waals surface area contributed by atoms with E-state index in [9.17, 15) is 18.0 Å². The number of carbonyl (C=O) groups is 2. The number of hydrogen-bond donors (Lipinski definition) is 2. The number of carbonyl (C=O) groups excluding carboxylic acids is 1. The predicted octanol–water partition coefficient (Wildman–Crippen LogP) is 1.58. The molecule has 0 fully saturated rings. The van der Waals surface area contributed by atoms with Gasteiger partial charge in [-0.15, -0.1) is 0 Å². The van der Waals surface area contributed by atoms with Crippen LogP contribution in [0.4, 0.5) is 0 Å². The summed E-state index contributed by atoms with van der Waals surface area (Å²) < 4.78 is 25.6. The molecule has 0 saturated carbocycles. The van der Waals surface area contributed by atoms with Crippen LogP contribution >= 0.6 is 11.6 Å². The summed E-state index contributed by atoms with van der Waals surface area (Å²) in [6.07, 6.45) is 0.259. The summed E-state index contributed by atoms with van der Waals surface area (Å²) in [5.41, 5.74) is 0. The molecule has 134 valence electrons. The van der Waals surface area contributed by atoms with E-state index >= 15 is 0 Å². The number of carboxylic acid groups (broad SMARTS) is 1. The number of benzene rings is 1. The van der Waals surface area contributed by atoms with Crippen LogP contribution in [0.3, 0.4) is 0 Å². The Kier molecular flexibility index (Phi) is 7.19. The molecule has 2 N–H and O–H groups in total. The largest absolute Gasteiger partial charge is 0.480 e. The number of nitrogens with zero attached hydrogens (tertiary/aromatic N) is 1. The van der Waals surface area contributed by atoms with Gasteiger partial charge in [-0.3, -0.25) is 4.79 Å². The van der Waals surface area contributed by atoms with Gasteiger partial charge in [-0.2, -0.15) is 4.31 Å². The molecular formula is C15H21ClN2O5S. The fraction of sp³-hybridized carbons (Fsp3) is 0.467. The first-order valence-corrected chi connectivity index (χ1v) is 9.10. The molecule has 24 heavy (non-hydrogen) atoms. The second-order valence-electron chi connectivity index (χ2n) is 5.80. The molecule has 0 saturated heterocycles. The second-order valence-corrected chi connectivity index (χ2v) is 8.28. The Labute approximate surface area is 146 Å². The molecule has 1 atom stereocenters. The molecular weight excluding hydrogens is 356 g/mol. The van der Waals surface area contributed by atoms with Gasteiger partial charge in [0.05, 0.1) is 11.4 Å². The topological polar surface area (TPSA) is 104 Å². The summed E-state index contributed by atoms with van der Waals surface area (Å²) in [6.45, 7) is 3.19. The highest BCUT2D eigenvalue weighted by molar-refractivity contribution is 7.89. The lowest BCUT2D eigenvalue weighted by atomic mass is 10.0. The Balaban J connectivity index is 2.78. The Morgan fingerprint density at radius 1 is 1.25 bits per heavy atom. The first-order chi connectivity index (χ1) is 11.0. The summed E-state index contributed by atoms with van der Waals surface area (Å²) in [7, 11) is -2.61. The lowest BCUT2D eigenvalue weighted by Crippen LogP contribution is -2.46. The van der Waals surface area contributed by atoms with Crippen molar-refractivity contribution in [1.82, 2.24) is 9.62 Å². The summed E-state index contributed by atoms with van der Waals surface area (Å²) in [5.74, 6) is -1.76. The van der Waals surface area contributed by atoms with Crippen LogP contribution in [0.5, 0.6) is 0 Å². The molecule has 1 amide bonds.